The quantitative estimate of drug-likeness (QED) is 0.795. The summed E-state index contributed by atoms with van der Waals surface area (Å²) in [6.45, 7) is -1.87. The lowest BCUT2D eigenvalue weighted by Gasteiger charge is -2.26. The van der Waals surface area contributed by atoms with Crippen LogP contribution in [-0.2, 0) is 10.0 Å². The highest BCUT2D eigenvalue weighted by Gasteiger charge is 2.44. The molecule has 2 N–H and O–H groups in total. The Bertz CT molecular complexity index is 623. The van der Waals surface area contributed by atoms with Gasteiger partial charge in [-0.1, -0.05) is 0 Å². The molecule has 1 aliphatic rings. The zero-order valence-corrected chi connectivity index (χ0v) is 12.5. The molecule has 0 aliphatic carbocycles. The van der Waals surface area contributed by atoms with Crippen LogP contribution in [0.15, 0.2) is 23.2 Å². The van der Waals surface area contributed by atoms with E-state index in [0.717, 1.165) is 22.6 Å². The van der Waals surface area contributed by atoms with Crippen molar-refractivity contribution in [3.63, 3.8) is 0 Å². The van der Waals surface area contributed by atoms with Gasteiger partial charge in [0.15, 0.2) is 0 Å². The van der Waals surface area contributed by atoms with Crippen molar-refractivity contribution in [2.75, 3.05) is 13.1 Å². The van der Waals surface area contributed by atoms with Crippen LogP contribution in [0.25, 0.3) is 0 Å². The summed E-state index contributed by atoms with van der Waals surface area (Å²) < 4.78 is 53.9. The van der Waals surface area contributed by atoms with Crippen LogP contribution in [0.4, 0.5) is 8.78 Å². The van der Waals surface area contributed by atoms with Crippen molar-refractivity contribution in [3.05, 3.63) is 18.3 Å². The van der Waals surface area contributed by atoms with Crippen LogP contribution in [0.5, 0.6) is 5.88 Å². The number of aliphatic hydroxyl groups is 2. The van der Waals surface area contributed by atoms with Crippen molar-refractivity contribution in [1.29, 1.82) is 0 Å². The first-order chi connectivity index (χ1) is 10.1. The fourth-order valence-corrected chi connectivity index (χ4v) is 3.61. The maximum Gasteiger partial charge on any atom is 0.388 e. The molecule has 10 heteroatoms. The summed E-state index contributed by atoms with van der Waals surface area (Å²) in [5.41, 5.74) is -1.50. The number of aromatic nitrogens is 1. The maximum atomic E-state index is 12.4. The second-order valence-electron chi connectivity index (χ2n) is 5.08. The van der Waals surface area contributed by atoms with Crippen molar-refractivity contribution in [2.45, 2.75) is 36.6 Å². The zero-order chi connectivity index (χ0) is 16.5. The lowest BCUT2D eigenvalue weighted by Crippen LogP contribution is -2.44. The fraction of sp³-hybridized carbons (Fsp3) is 0.583. The summed E-state index contributed by atoms with van der Waals surface area (Å²) >= 11 is 0. The summed E-state index contributed by atoms with van der Waals surface area (Å²) in [6.07, 6.45) is -0.0656. The van der Waals surface area contributed by atoms with E-state index in [1.54, 1.807) is 0 Å². The number of pyridine rings is 1. The lowest BCUT2D eigenvalue weighted by molar-refractivity contribution is -0.0536. The number of hydrogen-bond donors (Lipinski definition) is 2. The Hall–Kier alpha value is -1.36. The normalized spacial score (nSPS) is 24.6. The van der Waals surface area contributed by atoms with E-state index in [1.165, 1.54) is 6.92 Å². The van der Waals surface area contributed by atoms with Crippen LogP contribution in [0.2, 0.25) is 0 Å². The number of rotatable bonds is 5. The minimum atomic E-state index is -3.93. The minimum Gasteiger partial charge on any atom is -0.417 e. The van der Waals surface area contributed by atoms with Crippen molar-refractivity contribution in [1.82, 2.24) is 9.29 Å². The molecule has 22 heavy (non-hydrogen) atoms. The van der Waals surface area contributed by atoms with Gasteiger partial charge in [0.1, 0.15) is 10.5 Å². The number of ether oxygens (including phenoxy) is 1. The summed E-state index contributed by atoms with van der Waals surface area (Å²) in [4.78, 5) is 3.30. The molecular weight excluding hydrogens is 322 g/mol. The van der Waals surface area contributed by atoms with Gasteiger partial charge in [0.25, 0.3) is 0 Å². The van der Waals surface area contributed by atoms with Gasteiger partial charge in [-0.25, -0.2) is 13.4 Å². The molecule has 1 unspecified atom stereocenters. The van der Waals surface area contributed by atoms with Gasteiger partial charge in [-0.2, -0.15) is 13.1 Å². The summed E-state index contributed by atoms with van der Waals surface area (Å²) in [6, 6.07) is 2.12. The Morgan fingerprint density at radius 2 is 2.14 bits per heavy atom. The summed E-state index contributed by atoms with van der Waals surface area (Å²) in [7, 11) is -3.93. The fourth-order valence-electron chi connectivity index (χ4n) is 2.16. The summed E-state index contributed by atoms with van der Waals surface area (Å²) in [5, 5.41) is 19.6. The predicted molar refractivity (Wildman–Crippen MR) is 70.9 cm³/mol. The number of hydrogen-bond acceptors (Lipinski definition) is 6. The van der Waals surface area contributed by atoms with Gasteiger partial charge >= 0.3 is 6.61 Å². The average Bonchev–Trinajstić information content (AvgIpc) is 2.83. The first-order valence-corrected chi connectivity index (χ1v) is 7.90. The number of nitrogens with zero attached hydrogens (tertiary/aromatic N) is 2. The second kappa shape index (κ2) is 6.03. The van der Waals surface area contributed by atoms with Crippen LogP contribution < -0.4 is 4.74 Å². The van der Waals surface area contributed by atoms with E-state index in [0.29, 0.717) is 0 Å². The van der Waals surface area contributed by atoms with Crippen LogP contribution in [0.1, 0.15) is 13.3 Å². The standard InChI is InChI=1S/C12H16F2N2O5S/c1-8(17)12(18)4-5-16(7-12)22(19,20)9-2-3-10(15-6-9)21-11(13)14/h2-3,6,8,11,17-18H,4-5,7H2,1H3/t8-,12?/m1/s1. The third-order valence-electron chi connectivity index (χ3n) is 3.58. The molecule has 2 rings (SSSR count). The number of halogens is 2. The minimum absolute atomic E-state index is 0.0407. The van der Waals surface area contributed by atoms with Crippen LogP contribution >= 0.6 is 0 Å². The van der Waals surface area contributed by atoms with E-state index < -0.39 is 34.2 Å². The van der Waals surface area contributed by atoms with Gasteiger partial charge in [-0.05, 0) is 19.4 Å². The molecule has 1 fully saturated rings. The highest BCUT2D eigenvalue weighted by Crippen LogP contribution is 2.29. The molecule has 1 aromatic rings. The molecule has 2 atom stereocenters. The SMILES string of the molecule is C[C@@H](O)C1(O)CCN(S(=O)(=O)c2ccc(OC(F)F)nc2)C1. The molecule has 0 radical (unpaired) electrons. The number of alkyl halides is 2. The number of β-amino-alcohol motifs (C(OH)–C–C–N with tert-alkyl or cyclic N) is 1. The van der Waals surface area contributed by atoms with E-state index >= 15 is 0 Å². The van der Waals surface area contributed by atoms with Crippen LogP contribution in [-0.4, -0.2) is 59.3 Å². The van der Waals surface area contributed by atoms with Crippen molar-refractivity contribution < 1.29 is 32.1 Å². The van der Waals surface area contributed by atoms with Gasteiger partial charge < -0.3 is 14.9 Å². The molecule has 124 valence electrons. The van der Waals surface area contributed by atoms with Gasteiger partial charge in [0.05, 0.1) is 12.3 Å². The molecule has 0 amide bonds. The molecule has 0 aromatic carbocycles. The molecule has 7 nitrogen and oxygen atoms in total. The molecule has 1 saturated heterocycles. The van der Waals surface area contributed by atoms with Crippen LogP contribution in [0, 0.1) is 0 Å². The largest absolute Gasteiger partial charge is 0.417 e. The van der Waals surface area contributed by atoms with Gasteiger partial charge in [0, 0.05) is 19.2 Å². The van der Waals surface area contributed by atoms with E-state index in [9.17, 15) is 27.4 Å². The maximum absolute atomic E-state index is 12.4. The highest BCUT2D eigenvalue weighted by atomic mass is 32.2. The van der Waals surface area contributed by atoms with E-state index in [2.05, 4.69) is 9.72 Å². The van der Waals surface area contributed by atoms with Crippen molar-refractivity contribution in [3.8, 4) is 5.88 Å². The molecule has 2 heterocycles. The van der Waals surface area contributed by atoms with E-state index in [4.69, 9.17) is 0 Å². The molecule has 0 saturated carbocycles. The topological polar surface area (TPSA) is 100.0 Å². The Kier molecular flexibility index (Phi) is 4.66. The second-order valence-corrected chi connectivity index (χ2v) is 7.02. The first-order valence-electron chi connectivity index (χ1n) is 6.46. The Morgan fingerprint density at radius 1 is 1.45 bits per heavy atom. The van der Waals surface area contributed by atoms with Gasteiger partial charge in [0.2, 0.25) is 15.9 Å². The molecular formula is C12H16F2N2O5S. The summed E-state index contributed by atoms with van der Waals surface area (Å²) in [5.74, 6) is -0.393. The monoisotopic (exact) mass is 338 g/mol. The molecule has 1 aromatic heterocycles. The molecule has 0 spiro atoms. The van der Waals surface area contributed by atoms with E-state index in [1.807, 2.05) is 0 Å². The predicted octanol–water partition coefficient (Wildman–Crippen LogP) is 0.189. The lowest BCUT2D eigenvalue weighted by atomic mass is 9.97. The number of sulfonamides is 1. The highest BCUT2D eigenvalue weighted by molar-refractivity contribution is 7.89. The Labute approximate surface area is 126 Å². The smallest absolute Gasteiger partial charge is 0.388 e. The van der Waals surface area contributed by atoms with Gasteiger partial charge in [-0.15, -0.1) is 0 Å². The molecule has 0 bridgehead atoms. The van der Waals surface area contributed by atoms with Crippen molar-refractivity contribution >= 4 is 10.0 Å². The third kappa shape index (κ3) is 3.35. The van der Waals surface area contributed by atoms with E-state index in [-0.39, 0.29) is 24.4 Å². The van der Waals surface area contributed by atoms with Gasteiger partial charge in [-0.3, -0.25) is 0 Å². The third-order valence-corrected chi connectivity index (χ3v) is 5.41. The first kappa shape index (κ1) is 17.0. The molecule has 1 aliphatic heterocycles. The van der Waals surface area contributed by atoms with Crippen LogP contribution in [0.3, 0.4) is 0 Å². The number of aliphatic hydroxyl groups excluding tert-OH is 1. The van der Waals surface area contributed by atoms with Crippen molar-refractivity contribution in [2.24, 2.45) is 0 Å². The zero-order valence-electron chi connectivity index (χ0n) is 11.7. The Morgan fingerprint density at radius 3 is 2.59 bits per heavy atom. The Balaban J connectivity index is 2.18. The average molecular weight is 338 g/mol.